The van der Waals surface area contributed by atoms with Crippen molar-refractivity contribution in [2.45, 2.75) is 39.2 Å². The smallest absolute Gasteiger partial charge is 0.124 e. The van der Waals surface area contributed by atoms with Gasteiger partial charge in [0.15, 0.2) is 0 Å². The minimum atomic E-state index is 0.269. The molecular formula is C12H21N3O. The third-order valence-corrected chi connectivity index (χ3v) is 3.16. The Hall–Kier alpha value is -1.03. The number of hydrogen-bond acceptors (Lipinski definition) is 3. The number of hydrogen-bond donors (Lipinski definition) is 2. The lowest BCUT2D eigenvalue weighted by atomic mass is 10.1. The first kappa shape index (κ1) is 11.5. The fourth-order valence-corrected chi connectivity index (χ4v) is 2.17. The van der Waals surface area contributed by atoms with Gasteiger partial charge < -0.3 is 10.4 Å². The molecule has 0 radical (unpaired) electrons. The second-order valence-electron chi connectivity index (χ2n) is 4.57. The van der Waals surface area contributed by atoms with Gasteiger partial charge in [-0.05, 0) is 25.2 Å². The average Bonchev–Trinajstić information content (AvgIpc) is 2.68. The molecule has 2 heterocycles. The second-order valence-corrected chi connectivity index (χ2v) is 4.57. The Morgan fingerprint density at radius 1 is 1.62 bits per heavy atom. The predicted molar refractivity (Wildman–Crippen MR) is 64.5 cm³/mol. The summed E-state index contributed by atoms with van der Waals surface area (Å²) in [7, 11) is 0. The van der Waals surface area contributed by atoms with E-state index in [9.17, 15) is 0 Å². The molecule has 0 aliphatic carbocycles. The molecule has 0 bridgehead atoms. The summed E-state index contributed by atoms with van der Waals surface area (Å²) in [6, 6.07) is 2.16. The van der Waals surface area contributed by atoms with E-state index in [0.29, 0.717) is 5.92 Å². The highest BCUT2D eigenvalue weighted by Crippen LogP contribution is 2.21. The first-order valence-corrected chi connectivity index (χ1v) is 6.25. The molecule has 1 aromatic heterocycles. The fourth-order valence-electron chi connectivity index (χ4n) is 2.17. The molecule has 0 saturated heterocycles. The van der Waals surface area contributed by atoms with Crippen molar-refractivity contribution in [1.29, 1.82) is 0 Å². The zero-order valence-electron chi connectivity index (χ0n) is 9.95. The predicted octanol–water partition coefficient (Wildman–Crippen LogP) is 1.65. The maximum Gasteiger partial charge on any atom is 0.124 e. The normalized spacial score (nSPS) is 19.2. The van der Waals surface area contributed by atoms with E-state index in [1.54, 1.807) is 0 Å². The van der Waals surface area contributed by atoms with Crippen LogP contribution in [0.15, 0.2) is 6.07 Å². The van der Waals surface area contributed by atoms with Crippen LogP contribution in [-0.4, -0.2) is 28.0 Å². The maximum absolute atomic E-state index is 8.93. The Balaban J connectivity index is 1.99. The molecule has 0 spiro atoms. The number of anilines is 1. The van der Waals surface area contributed by atoms with Gasteiger partial charge in [0.05, 0.1) is 5.69 Å². The molecular weight excluding hydrogens is 202 g/mol. The minimum absolute atomic E-state index is 0.269. The van der Waals surface area contributed by atoms with Gasteiger partial charge in [0, 0.05) is 25.8 Å². The first-order valence-electron chi connectivity index (χ1n) is 6.25. The van der Waals surface area contributed by atoms with Crippen molar-refractivity contribution in [2.75, 3.05) is 18.5 Å². The van der Waals surface area contributed by atoms with Crippen LogP contribution in [0.3, 0.4) is 0 Å². The Bertz CT molecular complexity index is 335. The number of rotatable bonds is 5. The number of unbranched alkanes of at least 4 members (excludes halogenated alkanes) is 1. The molecule has 1 aliphatic rings. The average molecular weight is 223 g/mol. The Kier molecular flexibility index (Phi) is 3.83. The molecule has 2 N–H and O–H groups in total. The topological polar surface area (TPSA) is 50.1 Å². The summed E-state index contributed by atoms with van der Waals surface area (Å²) >= 11 is 0. The molecule has 0 aromatic carbocycles. The lowest BCUT2D eigenvalue weighted by molar-refractivity contribution is 0.244. The lowest BCUT2D eigenvalue weighted by Gasteiger charge is -2.24. The Morgan fingerprint density at radius 2 is 2.50 bits per heavy atom. The molecule has 90 valence electrons. The van der Waals surface area contributed by atoms with Gasteiger partial charge in [0.25, 0.3) is 0 Å². The summed E-state index contributed by atoms with van der Waals surface area (Å²) in [6.45, 7) is 4.37. The summed E-state index contributed by atoms with van der Waals surface area (Å²) < 4.78 is 2.05. The van der Waals surface area contributed by atoms with Crippen LogP contribution in [0, 0.1) is 5.92 Å². The highest BCUT2D eigenvalue weighted by Gasteiger charge is 2.19. The van der Waals surface area contributed by atoms with E-state index in [0.717, 1.165) is 31.7 Å². The summed E-state index contributed by atoms with van der Waals surface area (Å²) in [4.78, 5) is 0. The standard InChI is InChI=1S/C12H21N3O/c1-2-3-4-11-7-12-13-8-10(5-6-16)9-15(12)14-11/h7,10,13,16H,2-6,8-9H2,1H3. The summed E-state index contributed by atoms with van der Waals surface area (Å²) in [5.41, 5.74) is 1.19. The van der Waals surface area contributed by atoms with Crippen molar-refractivity contribution >= 4 is 5.82 Å². The highest BCUT2D eigenvalue weighted by molar-refractivity contribution is 5.38. The lowest BCUT2D eigenvalue weighted by Crippen LogP contribution is -2.28. The molecule has 2 rings (SSSR count). The van der Waals surface area contributed by atoms with Crippen LogP contribution in [0.25, 0.3) is 0 Å². The first-order chi connectivity index (χ1) is 7.83. The van der Waals surface area contributed by atoms with E-state index in [1.165, 1.54) is 18.5 Å². The Labute approximate surface area is 96.7 Å². The van der Waals surface area contributed by atoms with Crippen molar-refractivity contribution in [2.24, 2.45) is 5.92 Å². The van der Waals surface area contributed by atoms with E-state index in [1.807, 2.05) is 0 Å². The van der Waals surface area contributed by atoms with E-state index < -0.39 is 0 Å². The van der Waals surface area contributed by atoms with Gasteiger partial charge in [-0.15, -0.1) is 0 Å². The van der Waals surface area contributed by atoms with Crippen LogP contribution in [0.4, 0.5) is 5.82 Å². The van der Waals surface area contributed by atoms with E-state index >= 15 is 0 Å². The van der Waals surface area contributed by atoms with Gasteiger partial charge >= 0.3 is 0 Å². The van der Waals surface area contributed by atoms with Gasteiger partial charge in [-0.1, -0.05) is 13.3 Å². The number of nitrogens with zero attached hydrogens (tertiary/aromatic N) is 2. The number of fused-ring (bicyclic) bond motifs is 1. The zero-order valence-corrected chi connectivity index (χ0v) is 9.95. The zero-order chi connectivity index (χ0) is 11.4. The molecule has 1 aliphatic heterocycles. The number of nitrogens with one attached hydrogen (secondary N) is 1. The molecule has 1 aromatic rings. The van der Waals surface area contributed by atoms with Crippen molar-refractivity contribution in [3.8, 4) is 0 Å². The Morgan fingerprint density at radius 3 is 3.25 bits per heavy atom. The van der Waals surface area contributed by atoms with E-state index in [4.69, 9.17) is 5.11 Å². The molecule has 16 heavy (non-hydrogen) atoms. The van der Waals surface area contributed by atoms with Crippen LogP contribution in [0.1, 0.15) is 31.9 Å². The number of aromatic nitrogens is 2. The van der Waals surface area contributed by atoms with Crippen LogP contribution in [0.5, 0.6) is 0 Å². The van der Waals surface area contributed by atoms with Crippen LogP contribution in [-0.2, 0) is 13.0 Å². The molecule has 0 saturated carbocycles. The molecule has 1 atom stereocenters. The second kappa shape index (κ2) is 5.34. The third-order valence-electron chi connectivity index (χ3n) is 3.16. The largest absolute Gasteiger partial charge is 0.396 e. The van der Waals surface area contributed by atoms with Gasteiger partial charge in [0.1, 0.15) is 5.82 Å². The quantitative estimate of drug-likeness (QED) is 0.798. The van der Waals surface area contributed by atoms with Gasteiger partial charge in [-0.2, -0.15) is 5.10 Å². The molecule has 0 fully saturated rings. The number of aryl methyl sites for hydroxylation is 1. The van der Waals surface area contributed by atoms with Crippen LogP contribution in [0.2, 0.25) is 0 Å². The number of aliphatic hydroxyl groups excluding tert-OH is 1. The van der Waals surface area contributed by atoms with Gasteiger partial charge in [-0.3, -0.25) is 0 Å². The number of aliphatic hydroxyl groups is 1. The van der Waals surface area contributed by atoms with Crippen molar-refractivity contribution in [3.05, 3.63) is 11.8 Å². The van der Waals surface area contributed by atoms with Crippen LogP contribution < -0.4 is 5.32 Å². The summed E-state index contributed by atoms with van der Waals surface area (Å²) in [5.74, 6) is 1.65. The third kappa shape index (κ3) is 2.55. The van der Waals surface area contributed by atoms with Crippen molar-refractivity contribution in [3.63, 3.8) is 0 Å². The fraction of sp³-hybridized carbons (Fsp3) is 0.750. The van der Waals surface area contributed by atoms with Crippen LogP contribution >= 0.6 is 0 Å². The van der Waals surface area contributed by atoms with E-state index in [-0.39, 0.29) is 6.61 Å². The van der Waals surface area contributed by atoms with E-state index in [2.05, 4.69) is 28.1 Å². The summed E-state index contributed by atoms with van der Waals surface area (Å²) in [6.07, 6.45) is 4.35. The summed E-state index contributed by atoms with van der Waals surface area (Å²) in [5, 5.41) is 16.9. The SMILES string of the molecule is CCCCc1cc2n(n1)CC(CCO)CN2. The van der Waals surface area contributed by atoms with Gasteiger partial charge in [-0.25, -0.2) is 4.68 Å². The molecule has 1 unspecified atom stereocenters. The molecule has 0 amide bonds. The molecule has 4 nitrogen and oxygen atoms in total. The maximum atomic E-state index is 8.93. The minimum Gasteiger partial charge on any atom is -0.396 e. The monoisotopic (exact) mass is 223 g/mol. The van der Waals surface area contributed by atoms with Crippen molar-refractivity contribution < 1.29 is 5.11 Å². The van der Waals surface area contributed by atoms with Gasteiger partial charge in [0.2, 0.25) is 0 Å². The van der Waals surface area contributed by atoms with Crippen molar-refractivity contribution in [1.82, 2.24) is 9.78 Å². The molecule has 4 heteroatoms. The highest BCUT2D eigenvalue weighted by atomic mass is 16.3.